The minimum Gasteiger partial charge on any atom is -0.392 e. The van der Waals surface area contributed by atoms with Crippen molar-refractivity contribution >= 4 is 5.91 Å². The van der Waals surface area contributed by atoms with Crippen LogP contribution in [-0.4, -0.2) is 23.7 Å². The molecule has 0 bridgehead atoms. The van der Waals surface area contributed by atoms with Crippen LogP contribution in [0, 0.1) is 39.4 Å². The summed E-state index contributed by atoms with van der Waals surface area (Å²) in [7, 11) is 0. The Bertz CT molecular complexity index is 794. The summed E-state index contributed by atoms with van der Waals surface area (Å²) in [5, 5.41) is 14.6. The summed E-state index contributed by atoms with van der Waals surface area (Å²) in [6.45, 7) is 12.9. The Morgan fingerprint density at radius 2 is 1.79 bits per heavy atom. The highest BCUT2D eigenvalue weighted by molar-refractivity contribution is 6.00. The number of nitrogens with one attached hydrogen (secondary N) is 1. The molecular formula is C25H37NO2. The summed E-state index contributed by atoms with van der Waals surface area (Å²) in [5.74, 6) is 1.64. The third kappa shape index (κ3) is 2.07. The molecule has 1 heterocycles. The smallest absolute Gasteiger partial charge is 0.251 e. The van der Waals surface area contributed by atoms with E-state index >= 15 is 0 Å². The van der Waals surface area contributed by atoms with Gasteiger partial charge >= 0.3 is 0 Å². The summed E-state index contributed by atoms with van der Waals surface area (Å²) in [6.07, 6.45) is 11.4. The van der Waals surface area contributed by atoms with Crippen LogP contribution in [0.25, 0.3) is 0 Å². The summed E-state index contributed by atoms with van der Waals surface area (Å²) in [6, 6.07) is 0. The second kappa shape index (κ2) is 5.53. The highest BCUT2D eigenvalue weighted by Crippen LogP contribution is 2.72. The van der Waals surface area contributed by atoms with E-state index in [-0.39, 0.29) is 22.8 Å². The van der Waals surface area contributed by atoms with Gasteiger partial charge in [-0.1, -0.05) is 53.2 Å². The van der Waals surface area contributed by atoms with Crippen LogP contribution in [0.15, 0.2) is 23.3 Å². The zero-order chi connectivity index (χ0) is 20.1. The zero-order valence-electron chi connectivity index (χ0n) is 18.3. The van der Waals surface area contributed by atoms with Crippen molar-refractivity contribution in [3.63, 3.8) is 0 Å². The van der Waals surface area contributed by atoms with Gasteiger partial charge in [-0.2, -0.15) is 0 Å². The van der Waals surface area contributed by atoms with Gasteiger partial charge in [0.25, 0.3) is 5.91 Å². The molecule has 0 spiro atoms. The molecule has 3 nitrogen and oxygen atoms in total. The van der Waals surface area contributed by atoms with Crippen LogP contribution in [0.4, 0.5) is 0 Å². The van der Waals surface area contributed by atoms with E-state index in [9.17, 15) is 9.90 Å². The quantitative estimate of drug-likeness (QED) is 0.641. The largest absolute Gasteiger partial charge is 0.392 e. The van der Waals surface area contributed by atoms with Crippen LogP contribution in [0.2, 0.25) is 0 Å². The average molecular weight is 384 g/mol. The molecule has 7 unspecified atom stereocenters. The number of fused-ring (bicyclic) bond motifs is 6. The van der Waals surface area contributed by atoms with E-state index in [0.717, 1.165) is 23.5 Å². The van der Waals surface area contributed by atoms with Crippen molar-refractivity contribution in [1.82, 2.24) is 5.32 Å². The lowest BCUT2D eigenvalue weighted by atomic mass is 9.36. The van der Waals surface area contributed by atoms with Gasteiger partial charge in [-0.15, -0.1) is 0 Å². The van der Waals surface area contributed by atoms with E-state index in [4.69, 9.17) is 0 Å². The second-order valence-electron chi connectivity index (χ2n) is 11.9. The number of aliphatic hydroxyl groups excluding tert-OH is 1. The number of allylic oxidation sites excluding steroid dienone is 1. The molecule has 0 radical (unpaired) electrons. The number of hydrogen-bond acceptors (Lipinski definition) is 2. The molecule has 0 aromatic heterocycles. The molecule has 5 rings (SSSR count). The lowest BCUT2D eigenvalue weighted by Crippen LogP contribution is -2.64. The van der Waals surface area contributed by atoms with E-state index in [0.29, 0.717) is 29.2 Å². The molecule has 0 saturated heterocycles. The Labute approximate surface area is 170 Å². The fraction of sp³-hybridized carbons (Fsp3) is 0.800. The molecule has 0 aromatic rings. The maximum atomic E-state index is 12.3. The highest BCUT2D eigenvalue weighted by atomic mass is 16.3. The van der Waals surface area contributed by atoms with Crippen molar-refractivity contribution < 1.29 is 9.90 Å². The number of hydrogen-bond donors (Lipinski definition) is 2. The first-order valence-corrected chi connectivity index (χ1v) is 11.4. The maximum Gasteiger partial charge on any atom is 0.251 e. The predicted octanol–water partition coefficient (Wildman–Crippen LogP) is 4.62. The highest BCUT2D eigenvalue weighted by Gasteiger charge is 2.67. The first-order chi connectivity index (χ1) is 13.0. The molecule has 1 aliphatic heterocycles. The summed E-state index contributed by atoms with van der Waals surface area (Å²) in [4.78, 5) is 12.3. The van der Waals surface area contributed by atoms with Crippen LogP contribution in [0.3, 0.4) is 0 Å². The molecule has 7 atom stereocenters. The van der Waals surface area contributed by atoms with Gasteiger partial charge in [0.15, 0.2) is 0 Å². The molecule has 3 saturated carbocycles. The number of carbonyl (C=O) groups is 1. The summed E-state index contributed by atoms with van der Waals surface area (Å²) in [5.41, 5.74) is 2.56. The van der Waals surface area contributed by atoms with Gasteiger partial charge in [-0.25, -0.2) is 0 Å². The molecule has 1 amide bonds. The number of carbonyl (C=O) groups excluding carboxylic acids is 1. The SMILES string of the molecule is CC1(C)CCCC2(C)C1CCC1(C)C2CC(O)C2(C)C3=C(C=CC12)C(=O)NC3. The molecule has 4 aliphatic carbocycles. The maximum absolute atomic E-state index is 12.3. The van der Waals surface area contributed by atoms with E-state index < -0.39 is 0 Å². The molecule has 154 valence electrons. The van der Waals surface area contributed by atoms with Crippen molar-refractivity contribution in [3.8, 4) is 0 Å². The summed E-state index contributed by atoms with van der Waals surface area (Å²) >= 11 is 0. The van der Waals surface area contributed by atoms with Gasteiger partial charge in [0.2, 0.25) is 0 Å². The number of aliphatic hydroxyl groups is 1. The van der Waals surface area contributed by atoms with Gasteiger partial charge in [0.05, 0.1) is 6.10 Å². The minimum absolute atomic E-state index is 0.0371. The Hall–Kier alpha value is -1.09. The fourth-order valence-corrected chi connectivity index (χ4v) is 9.11. The number of rotatable bonds is 0. The van der Waals surface area contributed by atoms with Crippen molar-refractivity contribution in [2.75, 3.05) is 6.54 Å². The first kappa shape index (κ1) is 18.9. The standard InChI is InChI=1S/C25H37NO2/c1-22(2)10-6-11-23(3)17(22)9-12-24(4)18-8-7-15-16(14-26-21(15)28)25(18,5)20(27)13-19(23)24/h7-8,17-20,27H,6,9-14H2,1-5H3,(H,26,28). The second-order valence-corrected chi connectivity index (χ2v) is 11.9. The third-order valence-electron chi connectivity index (χ3n) is 10.4. The van der Waals surface area contributed by atoms with Crippen LogP contribution in [-0.2, 0) is 4.79 Å². The lowest BCUT2D eigenvalue weighted by Gasteiger charge is -2.69. The first-order valence-electron chi connectivity index (χ1n) is 11.4. The summed E-state index contributed by atoms with van der Waals surface area (Å²) < 4.78 is 0. The van der Waals surface area contributed by atoms with E-state index in [1.165, 1.54) is 32.1 Å². The topological polar surface area (TPSA) is 49.3 Å². The Kier molecular flexibility index (Phi) is 3.74. The zero-order valence-corrected chi connectivity index (χ0v) is 18.3. The van der Waals surface area contributed by atoms with Crippen LogP contribution < -0.4 is 5.32 Å². The molecular weight excluding hydrogens is 346 g/mol. The van der Waals surface area contributed by atoms with Crippen molar-refractivity contribution in [2.45, 2.75) is 79.2 Å². The van der Waals surface area contributed by atoms with Crippen LogP contribution in [0.5, 0.6) is 0 Å². The molecule has 5 aliphatic rings. The van der Waals surface area contributed by atoms with Crippen molar-refractivity contribution in [3.05, 3.63) is 23.3 Å². The Morgan fingerprint density at radius 1 is 1.04 bits per heavy atom. The Balaban J connectivity index is 1.60. The van der Waals surface area contributed by atoms with Crippen LogP contribution in [0.1, 0.15) is 73.1 Å². The Morgan fingerprint density at radius 3 is 2.54 bits per heavy atom. The van der Waals surface area contributed by atoms with E-state index in [2.05, 4.69) is 52.1 Å². The monoisotopic (exact) mass is 383 g/mol. The normalized spacial score (nSPS) is 51.7. The van der Waals surface area contributed by atoms with Crippen LogP contribution >= 0.6 is 0 Å². The van der Waals surface area contributed by atoms with E-state index in [1.54, 1.807) is 0 Å². The average Bonchev–Trinajstić information content (AvgIpc) is 2.99. The molecule has 3 heteroatoms. The van der Waals surface area contributed by atoms with Gasteiger partial charge in [0.1, 0.15) is 0 Å². The molecule has 2 N–H and O–H groups in total. The van der Waals surface area contributed by atoms with Crippen molar-refractivity contribution in [1.29, 1.82) is 0 Å². The molecule has 28 heavy (non-hydrogen) atoms. The van der Waals surface area contributed by atoms with E-state index in [1.807, 2.05) is 0 Å². The minimum atomic E-state index is -0.376. The van der Waals surface area contributed by atoms with Gasteiger partial charge < -0.3 is 10.4 Å². The van der Waals surface area contributed by atoms with Gasteiger partial charge in [-0.05, 0) is 71.7 Å². The fourth-order valence-electron chi connectivity index (χ4n) is 9.11. The third-order valence-corrected chi connectivity index (χ3v) is 10.4. The molecule has 3 fully saturated rings. The van der Waals surface area contributed by atoms with Crippen molar-refractivity contribution in [2.24, 2.45) is 39.4 Å². The molecule has 0 aromatic carbocycles. The van der Waals surface area contributed by atoms with Gasteiger partial charge in [-0.3, -0.25) is 4.79 Å². The predicted molar refractivity (Wildman–Crippen MR) is 111 cm³/mol. The number of amides is 1. The lowest BCUT2D eigenvalue weighted by molar-refractivity contribution is -0.204. The van der Waals surface area contributed by atoms with Gasteiger partial charge in [0, 0.05) is 17.5 Å².